The van der Waals surface area contributed by atoms with Crippen molar-refractivity contribution in [2.24, 2.45) is 0 Å². The van der Waals surface area contributed by atoms with Gasteiger partial charge in [0, 0.05) is 0 Å². The Bertz CT molecular complexity index is 1080. The van der Waals surface area contributed by atoms with Crippen molar-refractivity contribution in [1.29, 1.82) is 0 Å². The summed E-state index contributed by atoms with van der Waals surface area (Å²) in [7, 11) is -0.673. The smallest absolute Gasteiger partial charge is 0.264 e. The van der Waals surface area contributed by atoms with E-state index >= 15 is 0 Å². The molecule has 3 aromatic rings. The summed E-state index contributed by atoms with van der Waals surface area (Å²) in [6.07, 6.45) is 0. The number of thiazole rings is 1. The van der Waals surface area contributed by atoms with Gasteiger partial charge in [0.05, 0.1) is 22.2 Å². The molecule has 0 aliphatic heterocycles. The molecular weight excluding hydrogens is 390 g/mol. The molecule has 1 amide bonds. The van der Waals surface area contributed by atoms with Crippen LogP contribution >= 0.6 is 11.3 Å². The van der Waals surface area contributed by atoms with E-state index in [0.29, 0.717) is 26.8 Å². The van der Waals surface area contributed by atoms with E-state index in [-0.39, 0.29) is 17.4 Å². The first-order valence-corrected chi connectivity index (χ1v) is 10.1. The summed E-state index contributed by atoms with van der Waals surface area (Å²) in [4.78, 5) is 16.5. The maximum atomic E-state index is 12.1. The number of amides is 1. The molecule has 3 rings (SSSR count). The van der Waals surface area contributed by atoms with Crippen LogP contribution in [-0.4, -0.2) is 40.1 Å². The molecule has 0 atom stereocenters. The van der Waals surface area contributed by atoms with Gasteiger partial charge >= 0.3 is 0 Å². The fourth-order valence-corrected chi connectivity index (χ4v) is 4.03. The van der Waals surface area contributed by atoms with Crippen LogP contribution in [0, 0.1) is 0 Å². The molecule has 0 bridgehead atoms. The first kappa shape index (κ1) is 19.1. The number of ether oxygens (including phenoxy) is 2. The van der Waals surface area contributed by atoms with E-state index in [4.69, 9.17) is 9.47 Å². The molecule has 27 heavy (non-hydrogen) atoms. The molecule has 8 nitrogen and oxygen atoms in total. The Balaban J connectivity index is 1.70. The molecule has 1 heterocycles. The number of nitrogens with zero attached hydrogens (tertiary/aromatic N) is 1. The van der Waals surface area contributed by atoms with Crippen LogP contribution < -0.4 is 19.5 Å². The lowest BCUT2D eigenvalue weighted by atomic mass is 10.3. The fraction of sp³-hybridized carbons (Fsp3) is 0.176. The molecule has 2 N–H and O–H groups in total. The number of carbonyl (C=O) groups excluding carboxylic acids is 1. The van der Waals surface area contributed by atoms with E-state index in [0.717, 1.165) is 0 Å². The molecule has 0 unspecified atom stereocenters. The highest BCUT2D eigenvalue weighted by Gasteiger charge is 2.15. The predicted octanol–water partition coefficient (Wildman–Crippen LogP) is 2.23. The summed E-state index contributed by atoms with van der Waals surface area (Å²) in [6.45, 7) is -0.213. The van der Waals surface area contributed by atoms with Crippen molar-refractivity contribution in [2.45, 2.75) is 4.90 Å². The molecule has 1 aromatic heterocycles. The first-order chi connectivity index (χ1) is 12.9. The normalized spacial score (nSPS) is 11.3. The topological polar surface area (TPSA) is 107 Å². The van der Waals surface area contributed by atoms with Crippen LogP contribution in [0.3, 0.4) is 0 Å². The molecule has 0 aliphatic rings. The van der Waals surface area contributed by atoms with Crippen LogP contribution in [0.1, 0.15) is 0 Å². The number of aromatic nitrogens is 1. The molecular formula is C17H17N3O5S2. The summed E-state index contributed by atoms with van der Waals surface area (Å²) in [5.41, 5.74) is 0.594. The third-order valence-electron chi connectivity index (χ3n) is 3.61. The highest BCUT2D eigenvalue weighted by Crippen LogP contribution is 2.28. The molecule has 0 saturated carbocycles. The highest BCUT2D eigenvalue weighted by atomic mass is 32.2. The minimum atomic E-state index is -3.54. The van der Waals surface area contributed by atoms with Gasteiger partial charge in [0.2, 0.25) is 10.0 Å². The number of para-hydroxylation sites is 2. The number of anilines is 1. The van der Waals surface area contributed by atoms with Gasteiger partial charge in [0.25, 0.3) is 5.91 Å². The van der Waals surface area contributed by atoms with Gasteiger partial charge in [-0.25, -0.2) is 18.1 Å². The van der Waals surface area contributed by atoms with E-state index < -0.39 is 10.0 Å². The largest absolute Gasteiger partial charge is 0.493 e. The summed E-state index contributed by atoms with van der Waals surface area (Å²) in [6, 6.07) is 11.6. The van der Waals surface area contributed by atoms with E-state index in [1.54, 1.807) is 30.3 Å². The molecule has 0 spiro atoms. The summed E-state index contributed by atoms with van der Waals surface area (Å²) >= 11 is 1.18. The second kappa shape index (κ2) is 7.91. The SMILES string of the molecule is CNS(=O)(=O)c1ccc2nc(NC(=O)COc3ccccc3OC)sc2c1. The van der Waals surface area contributed by atoms with Gasteiger partial charge in [-0.1, -0.05) is 23.5 Å². The Labute approximate surface area is 160 Å². The third-order valence-corrected chi connectivity index (χ3v) is 5.96. The van der Waals surface area contributed by atoms with Crippen molar-refractivity contribution >= 4 is 42.6 Å². The minimum Gasteiger partial charge on any atom is -0.493 e. The van der Waals surface area contributed by atoms with Crippen molar-refractivity contribution in [3.63, 3.8) is 0 Å². The second-order valence-corrected chi connectivity index (χ2v) is 8.26. The number of rotatable bonds is 7. The molecule has 0 saturated heterocycles. The Morgan fingerprint density at radius 1 is 1.19 bits per heavy atom. The van der Waals surface area contributed by atoms with Crippen LogP contribution in [0.4, 0.5) is 5.13 Å². The zero-order valence-corrected chi connectivity index (χ0v) is 16.2. The highest BCUT2D eigenvalue weighted by molar-refractivity contribution is 7.89. The van der Waals surface area contributed by atoms with E-state index in [1.807, 2.05) is 0 Å². The van der Waals surface area contributed by atoms with Gasteiger partial charge in [-0.2, -0.15) is 0 Å². The second-order valence-electron chi connectivity index (χ2n) is 5.34. The number of hydrogen-bond acceptors (Lipinski definition) is 7. The van der Waals surface area contributed by atoms with Crippen molar-refractivity contribution in [3.8, 4) is 11.5 Å². The average molecular weight is 407 g/mol. The van der Waals surface area contributed by atoms with Gasteiger partial charge in [-0.15, -0.1) is 0 Å². The number of sulfonamides is 1. The Morgan fingerprint density at radius 2 is 1.93 bits per heavy atom. The standard InChI is InChI=1S/C17H17N3O5S2/c1-18-27(22,23)11-7-8-12-15(9-11)26-17(19-12)20-16(21)10-25-14-6-4-3-5-13(14)24-2/h3-9,18H,10H2,1-2H3,(H,19,20,21). The maximum Gasteiger partial charge on any atom is 0.264 e. The Hall–Kier alpha value is -2.69. The van der Waals surface area contributed by atoms with Crippen molar-refractivity contribution < 1.29 is 22.7 Å². The van der Waals surface area contributed by atoms with Crippen LogP contribution in [0.25, 0.3) is 10.2 Å². The van der Waals surface area contributed by atoms with E-state index in [2.05, 4.69) is 15.0 Å². The molecule has 142 valence electrons. The molecule has 2 aromatic carbocycles. The molecule has 0 radical (unpaired) electrons. The van der Waals surface area contributed by atoms with Crippen LogP contribution in [0.15, 0.2) is 47.4 Å². The van der Waals surface area contributed by atoms with Crippen molar-refractivity contribution in [2.75, 3.05) is 26.1 Å². The predicted molar refractivity (Wildman–Crippen MR) is 103 cm³/mol. The summed E-state index contributed by atoms with van der Waals surface area (Å²) in [5.74, 6) is 0.605. The van der Waals surface area contributed by atoms with Crippen LogP contribution in [-0.2, 0) is 14.8 Å². The monoisotopic (exact) mass is 407 g/mol. The van der Waals surface area contributed by atoms with Crippen molar-refractivity contribution in [1.82, 2.24) is 9.71 Å². The van der Waals surface area contributed by atoms with Gasteiger partial charge in [0.15, 0.2) is 23.2 Å². The zero-order valence-electron chi connectivity index (χ0n) is 14.6. The van der Waals surface area contributed by atoms with Gasteiger partial charge in [-0.3, -0.25) is 10.1 Å². The lowest BCUT2D eigenvalue weighted by molar-refractivity contribution is -0.118. The van der Waals surface area contributed by atoms with Gasteiger partial charge in [0.1, 0.15) is 0 Å². The fourth-order valence-electron chi connectivity index (χ4n) is 2.28. The zero-order chi connectivity index (χ0) is 19.4. The number of benzene rings is 2. The molecule has 10 heteroatoms. The van der Waals surface area contributed by atoms with Crippen LogP contribution in [0.5, 0.6) is 11.5 Å². The summed E-state index contributed by atoms with van der Waals surface area (Å²) < 4.78 is 37.3. The lowest BCUT2D eigenvalue weighted by Gasteiger charge is -2.09. The van der Waals surface area contributed by atoms with E-state index in [1.165, 1.54) is 37.6 Å². The number of fused-ring (bicyclic) bond motifs is 1. The number of nitrogens with one attached hydrogen (secondary N) is 2. The minimum absolute atomic E-state index is 0.138. The average Bonchev–Trinajstić information content (AvgIpc) is 3.07. The van der Waals surface area contributed by atoms with Crippen molar-refractivity contribution in [3.05, 3.63) is 42.5 Å². The number of carbonyl (C=O) groups is 1. The van der Waals surface area contributed by atoms with Gasteiger partial charge in [-0.05, 0) is 37.4 Å². The maximum absolute atomic E-state index is 12.1. The quantitative estimate of drug-likeness (QED) is 0.622. The Kier molecular flexibility index (Phi) is 5.59. The molecule has 0 aliphatic carbocycles. The first-order valence-electron chi connectivity index (χ1n) is 7.83. The van der Waals surface area contributed by atoms with Gasteiger partial charge < -0.3 is 9.47 Å². The molecule has 0 fully saturated rings. The summed E-state index contributed by atoms with van der Waals surface area (Å²) in [5, 5.41) is 3.01. The number of hydrogen-bond donors (Lipinski definition) is 2. The number of methoxy groups -OCH3 is 1. The van der Waals surface area contributed by atoms with Crippen LogP contribution in [0.2, 0.25) is 0 Å². The van der Waals surface area contributed by atoms with E-state index in [9.17, 15) is 13.2 Å². The third kappa shape index (κ3) is 4.35. The Morgan fingerprint density at radius 3 is 2.63 bits per heavy atom. The lowest BCUT2D eigenvalue weighted by Crippen LogP contribution is -2.20.